The van der Waals surface area contributed by atoms with Crippen molar-refractivity contribution < 1.29 is 0 Å². The van der Waals surface area contributed by atoms with E-state index in [2.05, 4.69) is 48.9 Å². The molecular formula is C14H23N3. The molecule has 2 rings (SSSR count). The van der Waals surface area contributed by atoms with Crippen LogP contribution in [0.15, 0.2) is 18.2 Å². The zero-order chi connectivity index (χ0) is 12.4. The number of likely N-dealkylation sites (N-methyl/N-ethyl adjacent to an activating group) is 1. The molecule has 0 aliphatic carbocycles. The summed E-state index contributed by atoms with van der Waals surface area (Å²) in [4.78, 5) is 4.86. The van der Waals surface area contributed by atoms with E-state index in [-0.39, 0.29) is 0 Å². The van der Waals surface area contributed by atoms with Gasteiger partial charge in [0.2, 0.25) is 0 Å². The van der Waals surface area contributed by atoms with E-state index in [0.717, 1.165) is 25.3 Å². The molecule has 17 heavy (non-hydrogen) atoms. The van der Waals surface area contributed by atoms with Crippen LogP contribution in [0.2, 0.25) is 0 Å². The van der Waals surface area contributed by atoms with Crippen LogP contribution in [0, 0.1) is 6.92 Å². The van der Waals surface area contributed by atoms with Crippen LogP contribution in [0.3, 0.4) is 0 Å². The van der Waals surface area contributed by atoms with Crippen LogP contribution in [0.4, 0.5) is 11.4 Å². The van der Waals surface area contributed by atoms with E-state index >= 15 is 0 Å². The first-order valence-electron chi connectivity index (χ1n) is 6.43. The lowest BCUT2D eigenvalue weighted by atomic mass is 10.1. The number of nitrogen functional groups attached to an aromatic ring is 1. The molecule has 1 saturated heterocycles. The number of benzene rings is 1. The first-order valence-corrected chi connectivity index (χ1v) is 6.43. The maximum atomic E-state index is 6.12. The molecule has 2 N–H and O–H groups in total. The van der Waals surface area contributed by atoms with Crippen LogP contribution >= 0.6 is 0 Å². The Bertz CT molecular complexity index is 389. The molecule has 1 heterocycles. The third kappa shape index (κ3) is 2.55. The Morgan fingerprint density at radius 2 is 2.12 bits per heavy atom. The van der Waals surface area contributed by atoms with Gasteiger partial charge in [-0.2, -0.15) is 0 Å². The van der Waals surface area contributed by atoms with Gasteiger partial charge in [-0.1, -0.05) is 13.0 Å². The second kappa shape index (κ2) is 4.96. The average molecular weight is 233 g/mol. The molecule has 1 aliphatic heterocycles. The van der Waals surface area contributed by atoms with Gasteiger partial charge < -0.3 is 10.6 Å². The first kappa shape index (κ1) is 12.2. The maximum Gasteiger partial charge on any atom is 0.0601 e. The Morgan fingerprint density at radius 3 is 2.76 bits per heavy atom. The van der Waals surface area contributed by atoms with E-state index < -0.39 is 0 Å². The quantitative estimate of drug-likeness (QED) is 0.794. The number of hydrogen-bond acceptors (Lipinski definition) is 3. The summed E-state index contributed by atoms with van der Waals surface area (Å²) in [5.74, 6) is 0. The standard InChI is InChI=1S/C14H23N3/c1-4-12-10-17(8-7-16(12)3)14-6-5-11(2)9-13(14)15/h5-6,9,12H,4,7-8,10,15H2,1-3H3. The Balaban J connectivity index is 2.17. The summed E-state index contributed by atoms with van der Waals surface area (Å²) < 4.78 is 0. The molecule has 0 amide bonds. The zero-order valence-corrected chi connectivity index (χ0v) is 11.1. The molecule has 0 aromatic heterocycles. The second-order valence-corrected chi connectivity index (χ2v) is 5.05. The highest BCUT2D eigenvalue weighted by Gasteiger charge is 2.23. The summed E-state index contributed by atoms with van der Waals surface area (Å²) in [6.45, 7) is 7.61. The second-order valence-electron chi connectivity index (χ2n) is 5.05. The van der Waals surface area contributed by atoms with Gasteiger partial charge in [0.15, 0.2) is 0 Å². The summed E-state index contributed by atoms with van der Waals surface area (Å²) in [6, 6.07) is 7.01. The van der Waals surface area contributed by atoms with E-state index in [4.69, 9.17) is 5.73 Å². The lowest BCUT2D eigenvalue weighted by molar-refractivity contribution is 0.213. The fourth-order valence-electron chi connectivity index (χ4n) is 2.57. The van der Waals surface area contributed by atoms with Crippen LogP contribution < -0.4 is 10.6 Å². The molecule has 0 bridgehead atoms. The molecule has 3 nitrogen and oxygen atoms in total. The van der Waals surface area contributed by atoms with Gasteiger partial charge in [-0.05, 0) is 38.1 Å². The summed E-state index contributed by atoms with van der Waals surface area (Å²) in [5.41, 5.74) is 9.45. The molecule has 1 aliphatic rings. The van der Waals surface area contributed by atoms with E-state index in [1.54, 1.807) is 0 Å². The highest BCUT2D eigenvalue weighted by molar-refractivity contribution is 5.68. The molecule has 0 radical (unpaired) electrons. The maximum absolute atomic E-state index is 6.12. The minimum atomic E-state index is 0.643. The van der Waals surface area contributed by atoms with Crippen molar-refractivity contribution >= 4 is 11.4 Å². The Hall–Kier alpha value is -1.22. The van der Waals surface area contributed by atoms with E-state index in [1.165, 1.54) is 17.7 Å². The van der Waals surface area contributed by atoms with Crippen molar-refractivity contribution in [1.29, 1.82) is 0 Å². The van der Waals surface area contributed by atoms with Crippen molar-refractivity contribution in [2.45, 2.75) is 26.3 Å². The van der Waals surface area contributed by atoms with Gasteiger partial charge >= 0.3 is 0 Å². The van der Waals surface area contributed by atoms with E-state index in [9.17, 15) is 0 Å². The van der Waals surface area contributed by atoms with Gasteiger partial charge in [0, 0.05) is 25.7 Å². The van der Waals surface area contributed by atoms with Crippen molar-refractivity contribution in [3.8, 4) is 0 Å². The molecule has 1 fully saturated rings. The van der Waals surface area contributed by atoms with Gasteiger partial charge in [0.05, 0.1) is 11.4 Å². The average Bonchev–Trinajstić information content (AvgIpc) is 2.30. The number of nitrogens with zero attached hydrogens (tertiary/aromatic N) is 2. The molecule has 1 aromatic carbocycles. The SMILES string of the molecule is CCC1CN(c2ccc(C)cc2N)CCN1C. The number of aryl methyl sites for hydroxylation is 1. The summed E-state index contributed by atoms with van der Waals surface area (Å²) in [5, 5.41) is 0. The van der Waals surface area contributed by atoms with Gasteiger partial charge in [-0.3, -0.25) is 4.90 Å². The molecular weight excluding hydrogens is 210 g/mol. The minimum Gasteiger partial charge on any atom is -0.397 e. The Labute approximate surface area is 104 Å². The van der Waals surface area contributed by atoms with Gasteiger partial charge in [0.1, 0.15) is 0 Å². The van der Waals surface area contributed by atoms with Crippen molar-refractivity contribution in [2.24, 2.45) is 0 Å². The lowest BCUT2D eigenvalue weighted by Gasteiger charge is -2.40. The molecule has 3 heteroatoms. The zero-order valence-electron chi connectivity index (χ0n) is 11.1. The summed E-state index contributed by atoms with van der Waals surface area (Å²) in [6.07, 6.45) is 1.19. The highest BCUT2D eigenvalue weighted by Crippen LogP contribution is 2.26. The van der Waals surface area contributed by atoms with Crippen molar-refractivity contribution in [2.75, 3.05) is 37.3 Å². The lowest BCUT2D eigenvalue weighted by Crippen LogP contribution is -2.51. The number of piperazine rings is 1. The predicted octanol–water partition coefficient (Wildman–Crippen LogP) is 2.11. The summed E-state index contributed by atoms with van der Waals surface area (Å²) in [7, 11) is 2.21. The van der Waals surface area contributed by atoms with E-state index in [1.807, 2.05) is 0 Å². The molecule has 1 aromatic rings. The normalized spacial score (nSPS) is 21.8. The fraction of sp³-hybridized carbons (Fsp3) is 0.571. The monoisotopic (exact) mass is 233 g/mol. The van der Waals surface area contributed by atoms with Crippen LogP contribution in [0.1, 0.15) is 18.9 Å². The highest BCUT2D eigenvalue weighted by atomic mass is 15.3. The first-order chi connectivity index (χ1) is 8.11. The van der Waals surface area contributed by atoms with Crippen LogP contribution in [0.5, 0.6) is 0 Å². The third-order valence-corrected chi connectivity index (χ3v) is 3.77. The minimum absolute atomic E-state index is 0.643. The number of rotatable bonds is 2. The van der Waals surface area contributed by atoms with Crippen LogP contribution in [-0.2, 0) is 0 Å². The third-order valence-electron chi connectivity index (χ3n) is 3.77. The Morgan fingerprint density at radius 1 is 1.35 bits per heavy atom. The van der Waals surface area contributed by atoms with Crippen LogP contribution in [-0.4, -0.2) is 37.6 Å². The van der Waals surface area contributed by atoms with Gasteiger partial charge in [0.25, 0.3) is 0 Å². The predicted molar refractivity (Wildman–Crippen MR) is 74.5 cm³/mol. The smallest absolute Gasteiger partial charge is 0.0601 e. The molecule has 94 valence electrons. The largest absolute Gasteiger partial charge is 0.397 e. The number of hydrogen-bond donors (Lipinski definition) is 1. The summed E-state index contributed by atoms with van der Waals surface area (Å²) >= 11 is 0. The molecule has 0 saturated carbocycles. The van der Waals surface area contributed by atoms with E-state index in [0.29, 0.717) is 6.04 Å². The Kier molecular flexibility index (Phi) is 3.57. The molecule has 0 spiro atoms. The van der Waals surface area contributed by atoms with Crippen molar-refractivity contribution in [3.05, 3.63) is 23.8 Å². The fourth-order valence-corrected chi connectivity index (χ4v) is 2.57. The van der Waals surface area contributed by atoms with Crippen molar-refractivity contribution in [1.82, 2.24) is 4.90 Å². The number of anilines is 2. The molecule has 1 unspecified atom stereocenters. The van der Waals surface area contributed by atoms with Gasteiger partial charge in [-0.25, -0.2) is 0 Å². The number of nitrogens with two attached hydrogens (primary N) is 1. The van der Waals surface area contributed by atoms with Crippen LogP contribution in [0.25, 0.3) is 0 Å². The van der Waals surface area contributed by atoms with Crippen molar-refractivity contribution in [3.63, 3.8) is 0 Å². The topological polar surface area (TPSA) is 32.5 Å². The molecule has 1 atom stereocenters. The van der Waals surface area contributed by atoms with Gasteiger partial charge in [-0.15, -0.1) is 0 Å².